The van der Waals surface area contributed by atoms with Gasteiger partial charge in [0.25, 0.3) is 5.69 Å². The number of carbonyl (C=O) groups excluding carboxylic acids is 1. The number of esters is 1. The van der Waals surface area contributed by atoms with E-state index in [-0.39, 0.29) is 11.4 Å². The van der Waals surface area contributed by atoms with Crippen molar-refractivity contribution >= 4 is 11.7 Å². The van der Waals surface area contributed by atoms with E-state index in [1.54, 1.807) is 24.3 Å². The number of ether oxygens (including phenoxy) is 2. The first-order chi connectivity index (χ1) is 11.0. The van der Waals surface area contributed by atoms with Crippen LogP contribution in [-0.4, -0.2) is 17.0 Å². The average molecular weight is 312 g/mol. The molecule has 0 radical (unpaired) electrons. The van der Waals surface area contributed by atoms with Gasteiger partial charge in [-0.3, -0.25) is 10.1 Å². The van der Waals surface area contributed by atoms with Gasteiger partial charge in [-0.2, -0.15) is 5.26 Å². The summed E-state index contributed by atoms with van der Waals surface area (Å²) in [6, 6.07) is 13.6. The highest BCUT2D eigenvalue weighted by Crippen LogP contribution is 2.20. The number of nitro groups is 1. The summed E-state index contributed by atoms with van der Waals surface area (Å²) in [4.78, 5) is 22.1. The predicted molar refractivity (Wildman–Crippen MR) is 80.0 cm³/mol. The lowest BCUT2D eigenvalue weighted by atomic mass is 10.2. The summed E-state index contributed by atoms with van der Waals surface area (Å²) in [5, 5.41) is 19.4. The van der Waals surface area contributed by atoms with Crippen molar-refractivity contribution in [1.82, 2.24) is 0 Å². The zero-order valence-corrected chi connectivity index (χ0v) is 12.1. The number of rotatable bonds is 5. The first-order valence-electron chi connectivity index (χ1n) is 6.62. The Balaban J connectivity index is 2.00. The van der Waals surface area contributed by atoms with Gasteiger partial charge in [0.05, 0.1) is 22.6 Å². The molecule has 0 amide bonds. The Bertz CT molecular complexity index is 765. The third-order valence-electron chi connectivity index (χ3n) is 2.88. The van der Waals surface area contributed by atoms with E-state index in [0.29, 0.717) is 11.3 Å². The van der Waals surface area contributed by atoms with E-state index in [9.17, 15) is 14.9 Å². The van der Waals surface area contributed by atoms with Crippen LogP contribution in [0.15, 0.2) is 48.5 Å². The lowest BCUT2D eigenvalue weighted by Gasteiger charge is -2.13. The number of hydrogen-bond acceptors (Lipinski definition) is 6. The molecule has 2 rings (SSSR count). The highest BCUT2D eigenvalue weighted by molar-refractivity contribution is 5.77. The number of nitro benzene ring substituents is 1. The van der Waals surface area contributed by atoms with Crippen LogP contribution >= 0.6 is 0 Å². The van der Waals surface area contributed by atoms with Gasteiger partial charge in [-0.1, -0.05) is 6.07 Å². The van der Waals surface area contributed by atoms with Crippen LogP contribution < -0.4 is 9.47 Å². The third-order valence-corrected chi connectivity index (χ3v) is 2.88. The van der Waals surface area contributed by atoms with E-state index < -0.39 is 17.0 Å². The predicted octanol–water partition coefficient (Wildman–Crippen LogP) is 2.84. The normalized spacial score (nSPS) is 11.1. The molecule has 116 valence electrons. The minimum absolute atomic E-state index is 0.0690. The largest absolute Gasteiger partial charge is 0.479 e. The van der Waals surface area contributed by atoms with Crippen molar-refractivity contribution in [3.05, 3.63) is 64.2 Å². The SMILES string of the molecule is CC(Oc1ccc(C#N)cc1)C(=O)Oc1cccc([N+](=O)[O-])c1. The molecule has 0 aliphatic heterocycles. The molecule has 0 N–H and O–H groups in total. The number of hydrogen-bond donors (Lipinski definition) is 0. The molecule has 0 aromatic heterocycles. The number of nitriles is 1. The maximum Gasteiger partial charge on any atom is 0.352 e. The molecule has 0 saturated carbocycles. The Morgan fingerprint density at radius 1 is 1.22 bits per heavy atom. The summed E-state index contributed by atoms with van der Waals surface area (Å²) in [7, 11) is 0. The Labute approximate surface area is 131 Å². The smallest absolute Gasteiger partial charge is 0.352 e. The van der Waals surface area contributed by atoms with E-state index in [2.05, 4.69) is 0 Å². The van der Waals surface area contributed by atoms with Gasteiger partial charge in [-0.15, -0.1) is 0 Å². The molecule has 23 heavy (non-hydrogen) atoms. The lowest BCUT2D eigenvalue weighted by Crippen LogP contribution is -2.28. The highest BCUT2D eigenvalue weighted by Gasteiger charge is 2.18. The Morgan fingerprint density at radius 3 is 2.52 bits per heavy atom. The van der Waals surface area contributed by atoms with Crippen LogP contribution in [0.3, 0.4) is 0 Å². The molecular formula is C16H12N2O5. The van der Waals surface area contributed by atoms with Gasteiger partial charge in [0.15, 0.2) is 6.10 Å². The third kappa shape index (κ3) is 4.28. The molecule has 7 nitrogen and oxygen atoms in total. The van der Waals surface area contributed by atoms with Crippen LogP contribution in [-0.2, 0) is 4.79 Å². The maximum absolute atomic E-state index is 12.0. The molecule has 2 aromatic rings. The van der Waals surface area contributed by atoms with Crippen molar-refractivity contribution in [2.24, 2.45) is 0 Å². The Hall–Kier alpha value is -3.40. The molecular weight excluding hydrogens is 300 g/mol. The van der Waals surface area contributed by atoms with Crippen molar-refractivity contribution in [2.75, 3.05) is 0 Å². The van der Waals surface area contributed by atoms with Crippen molar-refractivity contribution < 1.29 is 19.2 Å². The van der Waals surface area contributed by atoms with Gasteiger partial charge in [0.2, 0.25) is 0 Å². The number of carbonyl (C=O) groups is 1. The van der Waals surface area contributed by atoms with Crippen molar-refractivity contribution in [1.29, 1.82) is 5.26 Å². The standard InChI is InChI=1S/C16H12N2O5/c1-11(22-14-7-5-12(10-17)6-8-14)16(19)23-15-4-2-3-13(9-15)18(20)21/h2-9,11H,1H3. The van der Waals surface area contributed by atoms with Crippen molar-refractivity contribution in [3.63, 3.8) is 0 Å². The second-order valence-electron chi connectivity index (χ2n) is 4.57. The summed E-state index contributed by atoms with van der Waals surface area (Å²) in [6.07, 6.45) is -0.915. The quantitative estimate of drug-likeness (QED) is 0.364. The van der Waals surface area contributed by atoms with E-state index in [0.717, 1.165) is 6.07 Å². The molecule has 0 saturated heterocycles. The van der Waals surface area contributed by atoms with Gasteiger partial charge < -0.3 is 9.47 Å². The lowest BCUT2D eigenvalue weighted by molar-refractivity contribution is -0.384. The second-order valence-corrected chi connectivity index (χ2v) is 4.57. The summed E-state index contributed by atoms with van der Waals surface area (Å²) in [5.74, 6) is -0.207. The Morgan fingerprint density at radius 2 is 1.91 bits per heavy atom. The number of benzene rings is 2. The van der Waals surface area contributed by atoms with Gasteiger partial charge in [0, 0.05) is 6.07 Å². The minimum Gasteiger partial charge on any atom is -0.479 e. The minimum atomic E-state index is -0.915. The van der Waals surface area contributed by atoms with Crippen LogP contribution in [0.1, 0.15) is 12.5 Å². The molecule has 0 fully saturated rings. The molecule has 0 aliphatic rings. The van der Waals surface area contributed by atoms with Crippen LogP contribution in [0.2, 0.25) is 0 Å². The summed E-state index contributed by atoms with van der Waals surface area (Å²) in [5.41, 5.74) is 0.306. The monoisotopic (exact) mass is 312 g/mol. The Kier molecular flexibility index (Phi) is 4.89. The molecule has 0 spiro atoms. The summed E-state index contributed by atoms with van der Waals surface area (Å²) < 4.78 is 10.5. The van der Waals surface area contributed by atoms with Gasteiger partial charge >= 0.3 is 5.97 Å². The molecule has 7 heteroatoms. The molecule has 0 heterocycles. The molecule has 0 bridgehead atoms. The van der Waals surface area contributed by atoms with Crippen molar-refractivity contribution in [2.45, 2.75) is 13.0 Å². The molecule has 2 aromatic carbocycles. The topological polar surface area (TPSA) is 102 Å². The molecule has 0 aliphatic carbocycles. The highest BCUT2D eigenvalue weighted by atomic mass is 16.6. The van der Waals surface area contributed by atoms with Crippen LogP contribution in [0.25, 0.3) is 0 Å². The maximum atomic E-state index is 12.0. The first-order valence-corrected chi connectivity index (χ1v) is 6.62. The summed E-state index contributed by atoms with van der Waals surface area (Å²) in [6.45, 7) is 1.50. The van der Waals surface area contributed by atoms with Crippen LogP contribution in [0.5, 0.6) is 11.5 Å². The van der Waals surface area contributed by atoms with Crippen molar-refractivity contribution in [3.8, 4) is 17.6 Å². The fourth-order valence-corrected chi connectivity index (χ4v) is 1.72. The van der Waals surface area contributed by atoms with Gasteiger partial charge in [0.1, 0.15) is 11.5 Å². The molecule has 1 atom stereocenters. The zero-order valence-electron chi connectivity index (χ0n) is 12.1. The van der Waals surface area contributed by atoms with E-state index in [1.807, 2.05) is 6.07 Å². The van der Waals surface area contributed by atoms with Crippen LogP contribution in [0, 0.1) is 21.4 Å². The van der Waals surface area contributed by atoms with E-state index in [4.69, 9.17) is 14.7 Å². The average Bonchev–Trinajstić information content (AvgIpc) is 2.55. The zero-order chi connectivity index (χ0) is 16.8. The fraction of sp³-hybridized carbons (Fsp3) is 0.125. The van der Waals surface area contributed by atoms with Gasteiger partial charge in [-0.05, 0) is 37.3 Å². The van der Waals surface area contributed by atoms with E-state index in [1.165, 1.54) is 25.1 Å². The first kappa shape index (κ1) is 16.0. The van der Waals surface area contributed by atoms with Gasteiger partial charge in [-0.25, -0.2) is 4.79 Å². The van der Waals surface area contributed by atoms with Crippen LogP contribution in [0.4, 0.5) is 5.69 Å². The number of non-ortho nitro benzene ring substituents is 1. The number of nitrogens with zero attached hydrogens (tertiary/aromatic N) is 2. The molecule has 1 unspecified atom stereocenters. The van der Waals surface area contributed by atoms with E-state index >= 15 is 0 Å². The fourth-order valence-electron chi connectivity index (χ4n) is 1.72. The second kappa shape index (κ2) is 7.04. The summed E-state index contributed by atoms with van der Waals surface area (Å²) >= 11 is 0.